The van der Waals surface area contributed by atoms with Crippen molar-refractivity contribution in [3.8, 4) is 11.3 Å². The van der Waals surface area contributed by atoms with Crippen LogP contribution < -0.4 is 0 Å². The number of rotatable bonds is 4. The summed E-state index contributed by atoms with van der Waals surface area (Å²) in [5, 5.41) is 6.85. The van der Waals surface area contributed by atoms with Gasteiger partial charge in [-0.1, -0.05) is 0 Å². The fourth-order valence-electron chi connectivity index (χ4n) is 3.62. The molecule has 1 N–H and O–H groups in total. The van der Waals surface area contributed by atoms with Crippen molar-refractivity contribution in [3.05, 3.63) is 54.0 Å². The molecular weight excluding hydrogens is 328 g/mol. The molecule has 0 radical (unpaired) electrons. The van der Waals surface area contributed by atoms with Gasteiger partial charge in [-0.2, -0.15) is 5.10 Å². The predicted octanol–water partition coefficient (Wildman–Crippen LogP) is 2.31. The van der Waals surface area contributed by atoms with Crippen LogP contribution in [-0.2, 0) is 13.0 Å². The van der Waals surface area contributed by atoms with E-state index in [1.54, 1.807) is 23.5 Å². The lowest BCUT2D eigenvalue weighted by Gasteiger charge is -2.28. The van der Waals surface area contributed by atoms with Gasteiger partial charge in [-0.05, 0) is 31.4 Å². The van der Waals surface area contributed by atoms with Gasteiger partial charge in [0.25, 0.3) is 5.91 Å². The molecule has 134 valence electrons. The standard InChI is InChI=1S/C19H22N6O/c1-13-10-25-12-14(3-4-18(25)22-13)11-24(2)19(26)16-7-15(8-20-9-16)17-5-6-21-23-17/h5-10,14H,3-4,11-12H2,1-2H3,(H,21,23). The quantitative estimate of drug-likeness (QED) is 0.783. The number of H-pyrrole nitrogens is 1. The molecular formula is C19H22N6O. The first-order chi connectivity index (χ1) is 12.6. The van der Waals surface area contributed by atoms with E-state index in [1.165, 1.54) is 0 Å². The van der Waals surface area contributed by atoms with E-state index in [0.29, 0.717) is 11.5 Å². The Morgan fingerprint density at radius 1 is 1.42 bits per heavy atom. The largest absolute Gasteiger partial charge is 0.341 e. The van der Waals surface area contributed by atoms with Crippen molar-refractivity contribution in [2.24, 2.45) is 5.92 Å². The van der Waals surface area contributed by atoms with E-state index in [2.05, 4.69) is 30.9 Å². The second-order valence-corrected chi connectivity index (χ2v) is 6.97. The van der Waals surface area contributed by atoms with E-state index < -0.39 is 0 Å². The number of nitrogens with zero attached hydrogens (tertiary/aromatic N) is 5. The summed E-state index contributed by atoms with van der Waals surface area (Å²) in [6.07, 6.45) is 9.16. The summed E-state index contributed by atoms with van der Waals surface area (Å²) < 4.78 is 2.22. The number of aryl methyl sites for hydroxylation is 2. The Morgan fingerprint density at radius 2 is 2.31 bits per heavy atom. The van der Waals surface area contributed by atoms with E-state index in [9.17, 15) is 4.79 Å². The first-order valence-electron chi connectivity index (χ1n) is 8.83. The van der Waals surface area contributed by atoms with Crippen LogP contribution >= 0.6 is 0 Å². The van der Waals surface area contributed by atoms with Crippen molar-refractivity contribution >= 4 is 5.91 Å². The number of amides is 1. The molecule has 0 saturated heterocycles. The molecule has 7 heteroatoms. The van der Waals surface area contributed by atoms with Gasteiger partial charge >= 0.3 is 0 Å². The van der Waals surface area contributed by atoms with Gasteiger partial charge < -0.3 is 9.47 Å². The average Bonchev–Trinajstić information content (AvgIpc) is 3.29. The molecule has 1 amide bonds. The highest BCUT2D eigenvalue weighted by molar-refractivity contribution is 5.94. The van der Waals surface area contributed by atoms with E-state index in [1.807, 2.05) is 26.1 Å². The lowest BCUT2D eigenvalue weighted by Crippen LogP contribution is -2.35. The first-order valence-corrected chi connectivity index (χ1v) is 8.83. The van der Waals surface area contributed by atoms with Gasteiger partial charge in [-0.25, -0.2) is 4.98 Å². The molecule has 0 aliphatic carbocycles. The van der Waals surface area contributed by atoms with Crippen LogP contribution in [0.15, 0.2) is 36.9 Å². The minimum Gasteiger partial charge on any atom is -0.341 e. The molecule has 0 fully saturated rings. The lowest BCUT2D eigenvalue weighted by atomic mass is 9.98. The normalized spacial score (nSPS) is 16.3. The summed E-state index contributed by atoms with van der Waals surface area (Å²) in [4.78, 5) is 23.4. The van der Waals surface area contributed by atoms with Crippen molar-refractivity contribution < 1.29 is 4.79 Å². The number of carbonyl (C=O) groups is 1. The molecule has 3 aromatic rings. The molecule has 3 aromatic heterocycles. The van der Waals surface area contributed by atoms with Crippen molar-refractivity contribution in [2.45, 2.75) is 26.3 Å². The van der Waals surface area contributed by atoms with Crippen molar-refractivity contribution in [3.63, 3.8) is 0 Å². The maximum atomic E-state index is 12.8. The van der Waals surface area contributed by atoms with Crippen LogP contribution in [0.1, 0.15) is 28.3 Å². The number of aromatic nitrogens is 5. The first kappa shape index (κ1) is 16.5. The Morgan fingerprint density at radius 3 is 3.12 bits per heavy atom. The van der Waals surface area contributed by atoms with Crippen molar-refractivity contribution in [1.82, 2.24) is 29.6 Å². The SMILES string of the molecule is Cc1cn2c(n1)CCC(CN(C)C(=O)c1cncc(-c3ccn[nH]3)c1)C2. The molecule has 4 rings (SSSR count). The number of fused-ring (bicyclic) bond motifs is 1. The summed E-state index contributed by atoms with van der Waals surface area (Å²) >= 11 is 0. The number of imidazole rings is 1. The maximum Gasteiger partial charge on any atom is 0.255 e. The predicted molar refractivity (Wildman–Crippen MR) is 97.6 cm³/mol. The number of carbonyl (C=O) groups excluding carboxylic acids is 1. The Kier molecular flexibility index (Phi) is 4.28. The molecule has 4 heterocycles. The molecule has 0 saturated carbocycles. The number of pyridine rings is 1. The third-order valence-electron chi connectivity index (χ3n) is 4.89. The van der Waals surface area contributed by atoms with Crippen LogP contribution in [0.4, 0.5) is 0 Å². The number of nitrogens with one attached hydrogen (secondary N) is 1. The Bertz CT molecular complexity index is 914. The molecule has 0 bridgehead atoms. The molecule has 26 heavy (non-hydrogen) atoms. The topological polar surface area (TPSA) is 79.7 Å². The molecule has 0 spiro atoms. The summed E-state index contributed by atoms with van der Waals surface area (Å²) in [6.45, 7) is 3.67. The maximum absolute atomic E-state index is 12.8. The highest BCUT2D eigenvalue weighted by Gasteiger charge is 2.23. The van der Waals surface area contributed by atoms with Gasteiger partial charge in [0.15, 0.2) is 0 Å². The van der Waals surface area contributed by atoms with Crippen LogP contribution in [0.25, 0.3) is 11.3 Å². The molecule has 0 aromatic carbocycles. The van der Waals surface area contributed by atoms with Gasteiger partial charge in [0, 0.05) is 56.9 Å². The third-order valence-corrected chi connectivity index (χ3v) is 4.89. The second-order valence-electron chi connectivity index (χ2n) is 6.97. The highest BCUT2D eigenvalue weighted by atomic mass is 16.2. The minimum absolute atomic E-state index is 0.00789. The zero-order valence-corrected chi connectivity index (χ0v) is 15.0. The van der Waals surface area contributed by atoms with Crippen LogP contribution in [-0.4, -0.2) is 49.1 Å². The van der Waals surface area contributed by atoms with Crippen molar-refractivity contribution in [2.75, 3.05) is 13.6 Å². The van der Waals surface area contributed by atoms with Gasteiger partial charge in [-0.3, -0.25) is 14.9 Å². The van der Waals surface area contributed by atoms with Crippen LogP contribution in [0.3, 0.4) is 0 Å². The van der Waals surface area contributed by atoms with Gasteiger partial charge in [0.2, 0.25) is 0 Å². The molecule has 1 aliphatic heterocycles. The average molecular weight is 350 g/mol. The molecule has 1 unspecified atom stereocenters. The number of hydrogen-bond acceptors (Lipinski definition) is 4. The monoisotopic (exact) mass is 350 g/mol. The Balaban J connectivity index is 1.44. The molecule has 1 aliphatic rings. The zero-order valence-electron chi connectivity index (χ0n) is 15.0. The van der Waals surface area contributed by atoms with Crippen LogP contribution in [0, 0.1) is 12.8 Å². The molecule has 7 nitrogen and oxygen atoms in total. The van der Waals surface area contributed by atoms with Crippen LogP contribution in [0.2, 0.25) is 0 Å². The number of aromatic amines is 1. The van der Waals surface area contributed by atoms with E-state index in [0.717, 1.165) is 48.7 Å². The second kappa shape index (κ2) is 6.74. The summed E-state index contributed by atoms with van der Waals surface area (Å²) in [5.41, 5.74) is 3.37. The smallest absolute Gasteiger partial charge is 0.255 e. The molecule has 1 atom stereocenters. The third kappa shape index (κ3) is 3.24. The summed E-state index contributed by atoms with van der Waals surface area (Å²) in [6, 6.07) is 3.72. The number of hydrogen-bond donors (Lipinski definition) is 1. The van der Waals surface area contributed by atoms with Gasteiger partial charge in [0.1, 0.15) is 5.82 Å². The highest BCUT2D eigenvalue weighted by Crippen LogP contribution is 2.22. The Hall–Kier alpha value is -2.96. The van der Waals surface area contributed by atoms with E-state index >= 15 is 0 Å². The van der Waals surface area contributed by atoms with Crippen molar-refractivity contribution in [1.29, 1.82) is 0 Å². The van der Waals surface area contributed by atoms with E-state index in [-0.39, 0.29) is 5.91 Å². The fourth-order valence-corrected chi connectivity index (χ4v) is 3.62. The lowest BCUT2D eigenvalue weighted by molar-refractivity contribution is 0.0760. The Labute approximate surface area is 152 Å². The van der Waals surface area contributed by atoms with Gasteiger partial charge in [0.05, 0.1) is 17.0 Å². The summed E-state index contributed by atoms with van der Waals surface area (Å²) in [7, 11) is 1.86. The fraction of sp³-hybridized carbons (Fsp3) is 0.368. The summed E-state index contributed by atoms with van der Waals surface area (Å²) in [5.74, 6) is 1.59. The minimum atomic E-state index is -0.00789. The van der Waals surface area contributed by atoms with E-state index in [4.69, 9.17) is 0 Å². The van der Waals surface area contributed by atoms with Gasteiger partial charge in [-0.15, -0.1) is 0 Å². The van der Waals surface area contributed by atoms with Crippen LogP contribution in [0.5, 0.6) is 0 Å². The zero-order chi connectivity index (χ0) is 18.1.